The van der Waals surface area contributed by atoms with Crippen LogP contribution in [0.2, 0.25) is 0 Å². The predicted molar refractivity (Wildman–Crippen MR) is 123 cm³/mol. The van der Waals surface area contributed by atoms with Crippen LogP contribution in [0.5, 0.6) is 5.75 Å². The number of rotatable bonds is 7. The van der Waals surface area contributed by atoms with Crippen LogP contribution < -0.4 is 10.1 Å². The number of carbonyl (C=O) groups is 1. The molecule has 0 aliphatic carbocycles. The van der Waals surface area contributed by atoms with Crippen LogP contribution in [0.25, 0.3) is 11.3 Å². The monoisotopic (exact) mass is 440 g/mol. The van der Waals surface area contributed by atoms with Gasteiger partial charge in [-0.2, -0.15) is 0 Å². The van der Waals surface area contributed by atoms with E-state index in [1.165, 1.54) is 11.3 Å². The van der Waals surface area contributed by atoms with E-state index in [1.807, 2.05) is 55.5 Å². The van der Waals surface area contributed by atoms with E-state index >= 15 is 0 Å². The minimum Gasteiger partial charge on any atom is -0.497 e. The molecular weight excluding hydrogens is 416 g/mol. The number of anilines is 1. The molecule has 0 bridgehead atoms. The summed E-state index contributed by atoms with van der Waals surface area (Å²) in [6, 6.07) is 15.5. The van der Waals surface area contributed by atoms with E-state index in [1.54, 1.807) is 18.9 Å². The second kappa shape index (κ2) is 9.64. The molecule has 7 heteroatoms. The number of aromatic nitrogens is 1. The van der Waals surface area contributed by atoms with E-state index in [9.17, 15) is 4.79 Å². The number of hydrogen-bond donors (Lipinski definition) is 1. The average Bonchev–Trinajstić information content (AvgIpc) is 3.42. The van der Waals surface area contributed by atoms with E-state index < -0.39 is 0 Å². The Morgan fingerprint density at radius 1 is 1.27 bits per heavy atom. The fourth-order valence-corrected chi connectivity index (χ4v) is 5.32. The van der Waals surface area contributed by atoms with Crippen LogP contribution in [-0.4, -0.2) is 36.5 Å². The number of thiazole rings is 1. The molecule has 2 aromatic carbocycles. The number of methoxy groups -OCH3 is 1. The number of hydrogen-bond acceptors (Lipinski definition) is 6. The highest BCUT2D eigenvalue weighted by molar-refractivity contribution is 7.99. The molecule has 1 aromatic heterocycles. The second-order valence-corrected chi connectivity index (χ2v) is 9.31. The summed E-state index contributed by atoms with van der Waals surface area (Å²) in [6.45, 7) is 2.85. The summed E-state index contributed by atoms with van der Waals surface area (Å²) in [5.41, 5.74) is 2.54. The Balaban J connectivity index is 1.47. The van der Waals surface area contributed by atoms with Crippen LogP contribution in [0.3, 0.4) is 0 Å². The lowest BCUT2D eigenvalue weighted by Gasteiger charge is -2.11. The molecule has 30 heavy (non-hydrogen) atoms. The molecule has 1 amide bonds. The zero-order chi connectivity index (χ0) is 20.9. The van der Waals surface area contributed by atoms with Crippen LogP contribution in [-0.2, 0) is 4.74 Å². The summed E-state index contributed by atoms with van der Waals surface area (Å²) in [4.78, 5) is 19.6. The average molecular weight is 441 g/mol. The van der Waals surface area contributed by atoms with Gasteiger partial charge in [0.15, 0.2) is 5.13 Å². The van der Waals surface area contributed by atoms with Gasteiger partial charge in [0, 0.05) is 27.7 Å². The molecule has 3 aromatic rings. The predicted octanol–water partition coefficient (Wildman–Crippen LogP) is 5.65. The third-order valence-electron chi connectivity index (χ3n) is 4.96. The van der Waals surface area contributed by atoms with Gasteiger partial charge in [0.2, 0.25) is 0 Å². The van der Waals surface area contributed by atoms with Gasteiger partial charge in [-0.1, -0.05) is 12.1 Å². The topological polar surface area (TPSA) is 60.5 Å². The van der Waals surface area contributed by atoms with Crippen molar-refractivity contribution in [2.45, 2.75) is 30.8 Å². The Labute approximate surface area is 184 Å². The maximum Gasteiger partial charge on any atom is 0.258 e. The zero-order valence-corrected chi connectivity index (χ0v) is 18.6. The number of thioether (sulfide) groups is 1. The van der Waals surface area contributed by atoms with Crippen LogP contribution >= 0.6 is 23.1 Å². The van der Waals surface area contributed by atoms with Crippen LogP contribution in [0.15, 0.2) is 53.4 Å². The van der Waals surface area contributed by atoms with Crippen LogP contribution in [0.1, 0.15) is 28.1 Å². The van der Waals surface area contributed by atoms with E-state index in [0.717, 1.165) is 52.0 Å². The summed E-state index contributed by atoms with van der Waals surface area (Å²) in [7, 11) is 1.65. The quantitative estimate of drug-likeness (QED) is 0.481. The summed E-state index contributed by atoms with van der Waals surface area (Å²) in [6.07, 6.45) is 2.49. The van der Waals surface area contributed by atoms with Gasteiger partial charge < -0.3 is 9.47 Å². The lowest BCUT2D eigenvalue weighted by molar-refractivity contribution is 0.102. The van der Waals surface area contributed by atoms with E-state index in [4.69, 9.17) is 9.47 Å². The summed E-state index contributed by atoms with van der Waals surface area (Å²) in [5, 5.41) is 3.58. The number of nitrogens with one attached hydrogen (secondary N) is 1. The molecule has 5 nitrogen and oxygen atoms in total. The van der Waals surface area contributed by atoms with Gasteiger partial charge in [-0.15, -0.1) is 23.1 Å². The van der Waals surface area contributed by atoms with Gasteiger partial charge in [0.05, 0.1) is 24.5 Å². The highest BCUT2D eigenvalue weighted by Crippen LogP contribution is 2.32. The van der Waals surface area contributed by atoms with E-state index in [-0.39, 0.29) is 12.0 Å². The van der Waals surface area contributed by atoms with Crippen molar-refractivity contribution in [3.05, 3.63) is 59.0 Å². The normalized spacial score (nSPS) is 15.9. The van der Waals surface area contributed by atoms with Crippen molar-refractivity contribution in [1.82, 2.24) is 4.98 Å². The molecule has 1 fully saturated rings. The number of aryl methyl sites for hydroxylation is 1. The maximum atomic E-state index is 13.0. The highest BCUT2D eigenvalue weighted by atomic mass is 32.2. The molecule has 4 rings (SSSR count). The maximum absolute atomic E-state index is 13.0. The fraction of sp³-hybridized carbons (Fsp3) is 0.304. The van der Waals surface area contributed by atoms with Crippen molar-refractivity contribution < 1.29 is 14.3 Å². The first-order valence-corrected chi connectivity index (χ1v) is 11.7. The second-order valence-electron chi connectivity index (χ2n) is 7.05. The molecule has 1 aliphatic rings. The first-order chi connectivity index (χ1) is 14.6. The van der Waals surface area contributed by atoms with Crippen LogP contribution in [0, 0.1) is 6.92 Å². The van der Waals surface area contributed by atoms with Crippen molar-refractivity contribution in [1.29, 1.82) is 0 Å². The van der Waals surface area contributed by atoms with Gasteiger partial charge in [-0.05, 0) is 56.2 Å². The zero-order valence-electron chi connectivity index (χ0n) is 17.0. The highest BCUT2D eigenvalue weighted by Gasteiger charge is 2.19. The minimum absolute atomic E-state index is 0.138. The van der Waals surface area contributed by atoms with Crippen molar-refractivity contribution in [2.24, 2.45) is 0 Å². The number of nitrogens with zero attached hydrogens (tertiary/aromatic N) is 1. The number of amides is 1. The Morgan fingerprint density at radius 3 is 2.80 bits per heavy atom. The third-order valence-corrected chi connectivity index (χ3v) is 7.05. The van der Waals surface area contributed by atoms with Crippen molar-refractivity contribution in [3.8, 4) is 17.0 Å². The molecule has 0 radical (unpaired) electrons. The Kier molecular flexibility index (Phi) is 6.72. The molecule has 1 aliphatic heterocycles. The molecular formula is C23H24N2O3S2. The number of carbonyl (C=O) groups excluding carboxylic acids is 1. The molecule has 0 saturated carbocycles. The lowest BCUT2D eigenvalue weighted by Crippen LogP contribution is -2.14. The molecule has 156 valence electrons. The Hall–Kier alpha value is -2.35. The number of ether oxygens (including phenoxy) is 2. The van der Waals surface area contributed by atoms with Crippen molar-refractivity contribution >= 4 is 34.1 Å². The van der Waals surface area contributed by atoms with Gasteiger partial charge in [-0.25, -0.2) is 4.98 Å². The summed E-state index contributed by atoms with van der Waals surface area (Å²) < 4.78 is 10.9. The van der Waals surface area contributed by atoms with Gasteiger partial charge >= 0.3 is 0 Å². The number of benzene rings is 2. The SMILES string of the molecule is COc1ccc(-c2nc(NC(=O)c3ccccc3SC[C@H]3CCCO3)sc2C)cc1. The standard InChI is InChI=1S/C23H24N2O3S2/c1-15-21(16-9-11-17(27-2)12-10-16)24-23(30-15)25-22(26)19-7-3-4-8-20(19)29-14-18-6-5-13-28-18/h3-4,7-12,18H,5-6,13-14H2,1-2H3,(H,24,25,26)/t18-/m1/s1. The smallest absolute Gasteiger partial charge is 0.258 e. The first kappa shape index (κ1) is 20.9. The van der Waals surface area contributed by atoms with Gasteiger partial charge in [-0.3, -0.25) is 10.1 Å². The third kappa shape index (κ3) is 4.86. The van der Waals surface area contributed by atoms with E-state index in [0.29, 0.717) is 10.7 Å². The largest absolute Gasteiger partial charge is 0.497 e. The molecule has 2 heterocycles. The molecule has 1 saturated heterocycles. The van der Waals surface area contributed by atoms with E-state index in [2.05, 4.69) is 10.3 Å². The van der Waals surface area contributed by atoms with Crippen molar-refractivity contribution in [2.75, 3.05) is 24.8 Å². The molecule has 1 N–H and O–H groups in total. The summed E-state index contributed by atoms with van der Waals surface area (Å²) >= 11 is 3.16. The minimum atomic E-state index is -0.138. The van der Waals surface area contributed by atoms with Crippen molar-refractivity contribution in [3.63, 3.8) is 0 Å². The Morgan fingerprint density at radius 2 is 2.07 bits per heavy atom. The lowest BCUT2D eigenvalue weighted by atomic mass is 10.1. The molecule has 0 spiro atoms. The molecule has 1 atom stereocenters. The summed E-state index contributed by atoms with van der Waals surface area (Å²) in [5.74, 6) is 1.53. The molecule has 0 unspecified atom stereocenters. The van der Waals surface area contributed by atoms with Crippen LogP contribution in [0.4, 0.5) is 5.13 Å². The fourth-order valence-electron chi connectivity index (χ4n) is 3.37. The van der Waals surface area contributed by atoms with Gasteiger partial charge in [0.1, 0.15) is 5.75 Å². The first-order valence-electron chi connectivity index (χ1n) is 9.90. The Bertz CT molecular complexity index is 1010. The van der Waals surface area contributed by atoms with Gasteiger partial charge in [0.25, 0.3) is 5.91 Å².